The van der Waals surface area contributed by atoms with Crippen LogP contribution < -0.4 is 0 Å². The molecule has 0 atom stereocenters. The maximum absolute atomic E-state index is 2.39. The van der Waals surface area contributed by atoms with Crippen molar-refractivity contribution in [2.45, 2.75) is 0 Å². The molecule has 10 aromatic rings. The van der Waals surface area contributed by atoms with E-state index in [-0.39, 0.29) is 0 Å². The van der Waals surface area contributed by atoms with Gasteiger partial charge in [-0.3, -0.25) is 0 Å². The molecule has 0 fully saturated rings. The van der Waals surface area contributed by atoms with Gasteiger partial charge in [-0.15, -0.1) is 11.3 Å². The van der Waals surface area contributed by atoms with Crippen LogP contribution in [0.1, 0.15) is 0 Å². The predicted molar refractivity (Wildman–Crippen MR) is 215 cm³/mol. The molecule has 0 bridgehead atoms. The number of thiophene rings is 1. The first kappa shape index (κ1) is 28.8. The predicted octanol–water partition coefficient (Wildman–Crippen LogP) is 13.8. The summed E-state index contributed by atoms with van der Waals surface area (Å²) in [6.45, 7) is 0. The Bertz CT molecular complexity index is 2820. The summed E-state index contributed by atoms with van der Waals surface area (Å²) in [5, 5.41) is 5.20. The van der Waals surface area contributed by atoms with Crippen molar-refractivity contribution in [3.05, 3.63) is 188 Å². The average Bonchev–Trinajstić information content (AvgIpc) is 3.74. The molecule has 0 aliphatic rings. The van der Waals surface area contributed by atoms with Gasteiger partial charge in [0, 0.05) is 36.6 Å². The van der Waals surface area contributed by atoms with Gasteiger partial charge in [0.1, 0.15) is 0 Å². The van der Waals surface area contributed by atoms with Crippen molar-refractivity contribution in [2.75, 3.05) is 0 Å². The molecule has 0 N–H and O–H groups in total. The first-order valence-corrected chi connectivity index (χ1v) is 17.9. The van der Waals surface area contributed by atoms with Gasteiger partial charge in [0.2, 0.25) is 0 Å². The molecule has 50 heavy (non-hydrogen) atoms. The van der Waals surface area contributed by atoms with E-state index in [1.807, 2.05) is 11.3 Å². The summed E-state index contributed by atoms with van der Waals surface area (Å²) >= 11 is 1.88. The van der Waals surface area contributed by atoms with Crippen LogP contribution in [0.4, 0.5) is 0 Å². The number of benzene rings is 8. The lowest BCUT2D eigenvalue weighted by Crippen LogP contribution is -1.93. The molecule has 2 heteroatoms. The van der Waals surface area contributed by atoms with Gasteiger partial charge in [-0.05, 0) is 80.9 Å². The number of fused-ring (bicyclic) bond motifs is 6. The first-order chi connectivity index (χ1) is 24.8. The molecule has 0 spiro atoms. The summed E-state index contributed by atoms with van der Waals surface area (Å²) in [4.78, 5) is 0. The summed E-state index contributed by atoms with van der Waals surface area (Å²) < 4.78 is 5.08. The Balaban J connectivity index is 0.978. The molecule has 10 rings (SSSR count). The van der Waals surface area contributed by atoms with E-state index < -0.39 is 0 Å². The number of hydrogen-bond acceptors (Lipinski definition) is 1. The molecule has 1 nitrogen and oxygen atoms in total. The smallest absolute Gasteiger partial charge is 0.0541 e. The molecule has 0 saturated heterocycles. The minimum atomic E-state index is 1.16. The number of rotatable bonds is 5. The highest BCUT2D eigenvalue weighted by atomic mass is 32.1. The van der Waals surface area contributed by atoms with Crippen LogP contribution in [0.2, 0.25) is 0 Å². The van der Waals surface area contributed by atoms with Crippen molar-refractivity contribution in [1.29, 1.82) is 0 Å². The largest absolute Gasteiger partial charge is 0.309 e. The lowest BCUT2D eigenvalue weighted by molar-refractivity contribution is 1.18. The van der Waals surface area contributed by atoms with E-state index in [9.17, 15) is 0 Å². The molecule has 0 saturated carbocycles. The van der Waals surface area contributed by atoms with E-state index in [2.05, 4.69) is 193 Å². The highest BCUT2D eigenvalue weighted by Crippen LogP contribution is 2.40. The van der Waals surface area contributed by atoms with Crippen LogP contribution >= 0.6 is 11.3 Å². The molecule has 2 heterocycles. The average molecular weight is 654 g/mol. The topological polar surface area (TPSA) is 4.93 Å². The lowest BCUT2D eigenvalue weighted by Gasteiger charge is -2.11. The molecule has 234 valence electrons. The van der Waals surface area contributed by atoms with Crippen molar-refractivity contribution >= 4 is 53.3 Å². The normalized spacial score (nSPS) is 11.6. The molecule has 0 radical (unpaired) electrons. The number of para-hydroxylation sites is 1. The third-order valence-electron chi connectivity index (χ3n) is 10.1. The monoisotopic (exact) mass is 653 g/mol. The van der Waals surface area contributed by atoms with E-state index in [0.29, 0.717) is 0 Å². The number of nitrogens with zero attached hydrogens (tertiary/aromatic N) is 1. The highest BCUT2D eigenvalue weighted by Gasteiger charge is 2.14. The van der Waals surface area contributed by atoms with Crippen molar-refractivity contribution in [2.24, 2.45) is 0 Å². The Labute approximate surface area is 295 Å². The highest BCUT2D eigenvalue weighted by molar-refractivity contribution is 7.26. The zero-order valence-corrected chi connectivity index (χ0v) is 28.1. The summed E-state index contributed by atoms with van der Waals surface area (Å²) in [7, 11) is 0. The molecule has 0 amide bonds. The van der Waals surface area contributed by atoms with Crippen LogP contribution in [-0.4, -0.2) is 4.57 Å². The van der Waals surface area contributed by atoms with E-state index in [0.717, 1.165) is 5.69 Å². The van der Waals surface area contributed by atoms with Crippen molar-refractivity contribution in [1.82, 2.24) is 4.57 Å². The van der Waals surface area contributed by atoms with Crippen molar-refractivity contribution in [3.63, 3.8) is 0 Å². The van der Waals surface area contributed by atoms with Gasteiger partial charge >= 0.3 is 0 Å². The molecule has 0 aliphatic carbocycles. The van der Waals surface area contributed by atoms with Gasteiger partial charge < -0.3 is 4.57 Å². The summed E-state index contributed by atoms with van der Waals surface area (Å²) in [5.41, 5.74) is 13.5. The fraction of sp³-hybridized carbons (Fsp3) is 0. The minimum absolute atomic E-state index is 1.16. The second kappa shape index (κ2) is 11.7. The van der Waals surface area contributed by atoms with Crippen LogP contribution in [0.25, 0.3) is 92.2 Å². The standard InChI is InChI=1S/C48H31NS/c1-2-9-32(10-3-1)33-17-19-36(20-18-33)38-27-30-46-44(31-38)41-11-4-6-15-45(41)49(46)39-28-25-35(26-29-39)34-21-23-37(24-22-34)40-13-8-14-43-42-12-5-7-16-47(42)50-48(40)43/h1-31H. The molecule has 8 aromatic carbocycles. The molecular weight excluding hydrogens is 623 g/mol. The Hall–Kier alpha value is -6.22. The second-order valence-corrected chi connectivity index (χ2v) is 14.0. The lowest BCUT2D eigenvalue weighted by atomic mass is 9.99. The Morgan fingerprint density at radius 1 is 0.320 bits per heavy atom. The van der Waals surface area contributed by atoms with Gasteiger partial charge in [0.05, 0.1) is 11.0 Å². The summed E-state index contributed by atoms with van der Waals surface area (Å²) in [6, 6.07) is 68.5. The fourth-order valence-corrected chi connectivity index (χ4v) is 8.77. The SMILES string of the molecule is c1ccc(-c2ccc(-c3ccc4c(c3)c3ccccc3n4-c3ccc(-c4ccc(-c5cccc6c5sc5ccccc56)cc4)cc3)cc2)cc1. The van der Waals surface area contributed by atoms with E-state index >= 15 is 0 Å². The van der Waals surface area contributed by atoms with Crippen LogP contribution in [0, 0.1) is 0 Å². The van der Waals surface area contributed by atoms with Crippen LogP contribution in [0.5, 0.6) is 0 Å². The first-order valence-electron chi connectivity index (χ1n) is 17.1. The summed E-state index contributed by atoms with van der Waals surface area (Å²) in [6.07, 6.45) is 0. The van der Waals surface area contributed by atoms with Crippen molar-refractivity contribution in [3.8, 4) is 50.2 Å². The Morgan fingerprint density at radius 2 is 0.840 bits per heavy atom. The minimum Gasteiger partial charge on any atom is -0.309 e. The second-order valence-electron chi connectivity index (χ2n) is 12.9. The van der Waals surface area contributed by atoms with Gasteiger partial charge in [-0.25, -0.2) is 0 Å². The maximum atomic E-state index is 2.39. The molecular formula is C48H31NS. The van der Waals surface area contributed by atoms with E-state index in [1.54, 1.807) is 0 Å². The Kier molecular flexibility index (Phi) is 6.75. The van der Waals surface area contributed by atoms with Crippen molar-refractivity contribution < 1.29 is 0 Å². The zero-order valence-electron chi connectivity index (χ0n) is 27.3. The number of hydrogen-bond donors (Lipinski definition) is 0. The zero-order chi connectivity index (χ0) is 33.0. The number of aromatic nitrogens is 1. The van der Waals surface area contributed by atoms with Gasteiger partial charge in [-0.2, -0.15) is 0 Å². The third-order valence-corrected chi connectivity index (χ3v) is 11.3. The Morgan fingerprint density at radius 3 is 1.58 bits per heavy atom. The maximum Gasteiger partial charge on any atom is 0.0541 e. The van der Waals surface area contributed by atoms with E-state index in [4.69, 9.17) is 0 Å². The van der Waals surface area contributed by atoms with Gasteiger partial charge in [0.15, 0.2) is 0 Å². The van der Waals surface area contributed by atoms with Crippen LogP contribution in [0.3, 0.4) is 0 Å². The van der Waals surface area contributed by atoms with Gasteiger partial charge in [-0.1, -0.05) is 152 Å². The quantitative estimate of drug-likeness (QED) is 0.174. The van der Waals surface area contributed by atoms with Gasteiger partial charge in [0.25, 0.3) is 0 Å². The van der Waals surface area contributed by atoms with E-state index in [1.165, 1.54) is 86.5 Å². The third kappa shape index (κ3) is 4.76. The van der Waals surface area contributed by atoms with Crippen LogP contribution in [0.15, 0.2) is 188 Å². The fourth-order valence-electron chi connectivity index (χ4n) is 7.54. The molecule has 0 aliphatic heterocycles. The molecule has 0 unspecified atom stereocenters. The molecule has 2 aromatic heterocycles. The van der Waals surface area contributed by atoms with Crippen LogP contribution in [-0.2, 0) is 0 Å². The summed E-state index contributed by atoms with van der Waals surface area (Å²) in [5.74, 6) is 0.